The molecule has 4 rings (SSSR count). The van der Waals surface area contributed by atoms with E-state index in [2.05, 4.69) is 37.9 Å². The Bertz CT molecular complexity index is 690. The first kappa shape index (κ1) is 18.0. The maximum atomic E-state index is 13.5. The van der Waals surface area contributed by atoms with Gasteiger partial charge in [0.05, 0.1) is 13.2 Å². The van der Waals surface area contributed by atoms with Crippen molar-refractivity contribution in [2.75, 3.05) is 20.3 Å². The van der Waals surface area contributed by atoms with E-state index in [4.69, 9.17) is 9.47 Å². The monoisotopic (exact) mass is 474 g/mol. The van der Waals surface area contributed by atoms with Gasteiger partial charge in [0, 0.05) is 25.5 Å². The Labute approximate surface area is 165 Å². The molecule has 0 aromatic carbocycles. The van der Waals surface area contributed by atoms with E-state index in [-0.39, 0.29) is 23.9 Å². The van der Waals surface area contributed by atoms with E-state index >= 15 is 0 Å². The summed E-state index contributed by atoms with van der Waals surface area (Å²) in [7, 11) is 1.32. The minimum atomic E-state index is -0.581. The molecule has 9 heteroatoms. The van der Waals surface area contributed by atoms with Gasteiger partial charge in [0.2, 0.25) is 5.91 Å². The van der Waals surface area contributed by atoms with Crippen molar-refractivity contribution in [3.63, 3.8) is 0 Å². The molecular formula is C17H23IN4O4. The standard InChI is InChI=1S/C17H23IN4O4/c1-25-17(24)21-14(9-2-4-26-5-3-9)16(23)22-11-6-10(11)7-12(22)15-19-8-13(18)20-15/h8-12,14H,2-7H2,1H3,(H,19,20)(H,21,24)/t10-,11-,12+,14+/m1/s1. The van der Waals surface area contributed by atoms with Crippen LogP contribution in [-0.4, -0.2) is 59.3 Å². The van der Waals surface area contributed by atoms with Gasteiger partial charge in [-0.3, -0.25) is 4.79 Å². The van der Waals surface area contributed by atoms with Crippen LogP contribution in [0.3, 0.4) is 0 Å². The zero-order valence-electron chi connectivity index (χ0n) is 14.6. The topological polar surface area (TPSA) is 96.5 Å². The molecule has 0 radical (unpaired) electrons. The molecule has 26 heavy (non-hydrogen) atoms. The SMILES string of the molecule is COC(=O)N[C@H](C(=O)N1[C@@H]2C[C@@H]2C[C@H]1c1nc(I)c[nH]1)C1CCOCC1. The summed E-state index contributed by atoms with van der Waals surface area (Å²) in [6.45, 7) is 1.23. The van der Waals surface area contributed by atoms with Gasteiger partial charge in [0.25, 0.3) is 0 Å². The van der Waals surface area contributed by atoms with Gasteiger partial charge in [-0.2, -0.15) is 0 Å². The first-order valence-corrected chi connectivity index (χ1v) is 10.1. The maximum Gasteiger partial charge on any atom is 0.407 e. The highest BCUT2D eigenvalue weighted by Crippen LogP contribution is 2.53. The van der Waals surface area contributed by atoms with Crippen molar-refractivity contribution in [2.45, 2.75) is 43.8 Å². The van der Waals surface area contributed by atoms with Crippen molar-refractivity contribution in [3.8, 4) is 0 Å². The number of hydrogen-bond acceptors (Lipinski definition) is 5. The number of likely N-dealkylation sites (tertiary alicyclic amines) is 1. The first-order valence-electron chi connectivity index (χ1n) is 9.03. The van der Waals surface area contributed by atoms with Gasteiger partial charge >= 0.3 is 6.09 Å². The normalized spacial score (nSPS) is 29.2. The summed E-state index contributed by atoms with van der Waals surface area (Å²) in [5.41, 5.74) is 0. The van der Waals surface area contributed by atoms with Crippen molar-refractivity contribution in [1.82, 2.24) is 20.2 Å². The van der Waals surface area contributed by atoms with Gasteiger partial charge in [-0.05, 0) is 60.1 Å². The Morgan fingerprint density at radius 2 is 2.19 bits per heavy atom. The molecule has 142 valence electrons. The molecule has 3 heterocycles. The van der Waals surface area contributed by atoms with Crippen LogP contribution in [0.1, 0.15) is 37.5 Å². The molecule has 1 saturated carbocycles. The second-order valence-electron chi connectivity index (χ2n) is 7.23. The van der Waals surface area contributed by atoms with Gasteiger partial charge in [-0.15, -0.1) is 0 Å². The van der Waals surface area contributed by atoms with Crippen LogP contribution >= 0.6 is 22.6 Å². The van der Waals surface area contributed by atoms with Crippen LogP contribution in [0.2, 0.25) is 0 Å². The molecule has 8 nitrogen and oxygen atoms in total. The van der Waals surface area contributed by atoms with Crippen molar-refractivity contribution >= 4 is 34.6 Å². The highest BCUT2D eigenvalue weighted by Gasteiger charge is 2.56. The molecule has 3 fully saturated rings. The van der Waals surface area contributed by atoms with Crippen molar-refractivity contribution in [2.24, 2.45) is 11.8 Å². The number of rotatable bonds is 4. The molecule has 1 aromatic rings. The lowest BCUT2D eigenvalue weighted by Crippen LogP contribution is -2.54. The minimum absolute atomic E-state index is 0.0243. The molecule has 0 bridgehead atoms. The quantitative estimate of drug-likeness (QED) is 0.650. The number of aromatic nitrogens is 2. The van der Waals surface area contributed by atoms with Gasteiger partial charge < -0.3 is 24.7 Å². The Morgan fingerprint density at radius 3 is 2.85 bits per heavy atom. The number of alkyl carbamates (subject to hydrolysis) is 1. The molecule has 2 amide bonds. The summed E-state index contributed by atoms with van der Waals surface area (Å²) in [6.07, 6.45) is 4.77. The number of aromatic amines is 1. The van der Waals surface area contributed by atoms with E-state index in [1.807, 2.05) is 11.1 Å². The van der Waals surface area contributed by atoms with E-state index < -0.39 is 12.1 Å². The van der Waals surface area contributed by atoms with E-state index in [9.17, 15) is 9.59 Å². The smallest absolute Gasteiger partial charge is 0.407 e. The number of methoxy groups -OCH3 is 1. The van der Waals surface area contributed by atoms with Crippen LogP contribution in [0.25, 0.3) is 0 Å². The molecule has 2 saturated heterocycles. The number of ether oxygens (including phenoxy) is 2. The molecule has 2 N–H and O–H groups in total. The van der Waals surface area contributed by atoms with Crippen LogP contribution in [0.4, 0.5) is 4.79 Å². The Kier molecular flexibility index (Phi) is 5.09. The molecule has 1 aromatic heterocycles. The molecular weight excluding hydrogens is 451 g/mol. The minimum Gasteiger partial charge on any atom is -0.453 e. The highest BCUT2D eigenvalue weighted by molar-refractivity contribution is 14.1. The van der Waals surface area contributed by atoms with E-state index in [1.54, 1.807) is 0 Å². The largest absolute Gasteiger partial charge is 0.453 e. The maximum absolute atomic E-state index is 13.5. The summed E-state index contributed by atoms with van der Waals surface area (Å²) < 4.78 is 11.1. The van der Waals surface area contributed by atoms with Crippen LogP contribution in [0.5, 0.6) is 0 Å². The number of piperidine rings is 1. The number of fused-ring (bicyclic) bond motifs is 1. The average molecular weight is 474 g/mol. The van der Waals surface area contributed by atoms with Gasteiger partial charge in [0.15, 0.2) is 0 Å². The van der Waals surface area contributed by atoms with Crippen molar-refractivity contribution in [1.29, 1.82) is 0 Å². The number of amides is 2. The molecule has 0 unspecified atom stereocenters. The second kappa shape index (κ2) is 7.34. The van der Waals surface area contributed by atoms with E-state index in [0.717, 1.165) is 35.2 Å². The summed E-state index contributed by atoms with van der Waals surface area (Å²) >= 11 is 2.16. The zero-order chi connectivity index (χ0) is 18.3. The van der Waals surface area contributed by atoms with Crippen LogP contribution < -0.4 is 5.32 Å². The third kappa shape index (κ3) is 3.42. The number of nitrogens with one attached hydrogen (secondary N) is 2. The highest BCUT2D eigenvalue weighted by atomic mass is 127. The third-order valence-corrected chi connectivity index (χ3v) is 6.26. The van der Waals surface area contributed by atoms with Crippen LogP contribution in [0.15, 0.2) is 6.20 Å². The Balaban J connectivity index is 1.57. The zero-order valence-corrected chi connectivity index (χ0v) is 16.8. The Hall–Kier alpha value is -1.36. The summed E-state index contributed by atoms with van der Waals surface area (Å²) in [4.78, 5) is 35.1. The first-order chi connectivity index (χ1) is 12.6. The average Bonchev–Trinajstić information content (AvgIpc) is 3.11. The van der Waals surface area contributed by atoms with Gasteiger partial charge in [-0.25, -0.2) is 9.78 Å². The molecule has 4 atom stereocenters. The van der Waals surface area contributed by atoms with Gasteiger partial charge in [0.1, 0.15) is 15.6 Å². The molecule has 3 aliphatic rings. The summed E-state index contributed by atoms with van der Waals surface area (Å²) in [5, 5.41) is 2.79. The number of hydrogen-bond donors (Lipinski definition) is 2. The molecule has 0 spiro atoms. The van der Waals surface area contributed by atoms with Crippen LogP contribution in [0, 0.1) is 15.5 Å². The van der Waals surface area contributed by atoms with Crippen molar-refractivity contribution in [3.05, 3.63) is 15.7 Å². The Morgan fingerprint density at radius 1 is 1.42 bits per heavy atom. The number of nitrogens with zero attached hydrogens (tertiary/aromatic N) is 2. The lowest BCUT2D eigenvalue weighted by molar-refractivity contribution is -0.138. The molecule has 2 aliphatic heterocycles. The fourth-order valence-corrected chi connectivity index (χ4v) is 4.69. The second-order valence-corrected chi connectivity index (χ2v) is 8.34. The van der Waals surface area contributed by atoms with E-state index in [1.165, 1.54) is 7.11 Å². The summed E-state index contributed by atoms with van der Waals surface area (Å²) in [6, 6.07) is -0.365. The number of imidazole rings is 1. The fourth-order valence-electron chi connectivity index (χ4n) is 4.28. The predicted molar refractivity (Wildman–Crippen MR) is 100 cm³/mol. The summed E-state index contributed by atoms with van der Waals surface area (Å²) in [5.74, 6) is 1.41. The fraction of sp³-hybridized carbons (Fsp3) is 0.706. The third-order valence-electron chi connectivity index (χ3n) is 5.70. The predicted octanol–water partition coefficient (Wildman–Crippen LogP) is 1.83. The number of carbonyl (C=O) groups excluding carboxylic acids is 2. The van der Waals surface area contributed by atoms with E-state index in [0.29, 0.717) is 19.1 Å². The number of carbonyl (C=O) groups is 2. The lowest BCUT2D eigenvalue weighted by atomic mass is 9.90. The lowest BCUT2D eigenvalue weighted by Gasteiger charge is -2.35. The number of H-pyrrole nitrogens is 1. The number of halogens is 1. The van der Waals surface area contributed by atoms with Crippen molar-refractivity contribution < 1.29 is 19.1 Å². The van der Waals surface area contributed by atoms with Gasteiger partial charge in [-0.1, -0.05) is 0 Å². The molecule has 1 aliphatic carbocycles. The van der Waals surface area contributed by atoms with Crippen LogP contribution in [-0.2, 0) is 14.3 Å².